The number of aryl methyl sites for hydroxylation is 1. The molecule has 0 unspecified atom stereocenters. The van der Waals surface area contributed by atoms with E-state index in [4.69, 9.17) is 21.3 Å². The minimum atomic E-state index is -0.0507. The predicted molar refractivity (Wildman–Crippen MR) is 114 cm³/mol. The van der Waals surface area contributed by atoms with Gasteiger partial charge in [-0.1, -0.05) is 17.7 Å². The Morgan fingerprint density at radius 2 is 1.89 bits per heavy atom. The average molecular weight is 395 g/mol. The third kappa shape index (κ3) is 3.33. The van der Waals surface area contributed by atoms with Crippen molar-refractivity contribution in [3.05, 3.63) is 64.3 Å². The molecule has 1 aliphatic carbocycles. The summed E-state index contributed by atoms with van der Waals surface area (Å²) in [7, 11) is 1.63. The Bertz CT molecular complexity index is 1030. The highest BCUT2D eigenvalue weighted by Crippen LogP contribution is 2.33. The second-order valence-corrected chi connectivity index (χ2v) is 7.42. The summed E-state index contributed by atoms with van der Waals surface area (Å²) in [6.07, 6.45) is 4.24. The van der Waals surface area contributed by atoms with Gasteiger partial charge < -0.3 is 9.64 Å². The van der Waals surface area contributed by atoms with E-state index in [-0.39, 0.29) is 5.91 Å². The van der Waals surface area contributed by atoms with E-state index < -0.39 is 0 Å². The Balaban J connectivity index is 1.71. The van der Waals surface area contributed by atoms with Crippen LogP contribution in [0.1, 0.15) is 41.4 Å². The number of anilines is 1. The summed E-state index contributed by atoms with van der Waals surface area (Å²) in [5.41, 5.74) is 4.50. The number of fused-ring (bicyclic) bond motifs is 2. The summed E-state index contributed by atoms with van der Waals surface area (Å²) < 4.78 is 5.21. The van der Waals surface area contributed by atoms with Crippen LogP contribution in [0.2, 0.25) is 5.02 Å². The van der Waals surface area contributed by atoms with Crippen LogP contribution in [0.4, 0.5) is 5.69 Å². The fourth-order valence-electron chi connectivity index (χ4n) is 3.86. The van der Waals surface area contributed by atoms with Gasteiger partial charge in [-0.2, -0.15) is 0 Å². The maximum Gasteiger partial charge on any atom is 0.258 e. The normalized spacial score (nSPS) is 13.2. The molecule has 0 aliphatic heterocycles. The number of ether oxygens (including phenoxy) is 1. The molecule has 1 heterocycles. The Morgan fingerprint density at radius 3 is 2.61 bits per heavy atom. The van der Waals surface area contributed by atoms with Crippen LogP contribution < -0.4 is 9.64 Å². The van der Waals surface area contributed by atoms with Crippen LogP contribution in [0.5, 0.6) is 5.75 Å². The third-order valence-electron chi connectivity index (χ3n) is 5.39. The summed E-state index contributed by atoms with van der Waals surface area (Å²) in [5.74, 6) is 0.715. The number of amides is 1. The first-order valence-electron chi connectivity index (χ1n) is 9.69. The average Bonchev–Trinajstić information content (AvgIpc) is 2.74. The van der Waals surface area contributed by atoms with Crippen LogP contribution in [0.3, 0.4) is 0 Å². The summed E-state index contributed by atoms with van der Waals surface area (Å²) in [6, 6.07) is 13.1. The van der Waals surface area contributed by atoms with Crippen LogP contribution >= 0.6 is 11.6 Å². The number of carbonyl (C=O) groups is 1. The van der Waals surface area contributed by atoms with Crippen molar-refractivity contribution in [2.24, 2.45) is 0 Å². The molecule has 3 aromatic rings. The smallest absolute Gasteiger partial charge is 0.258 e. The summed E-state index contributed by atoms with van der Waals surface area (Å²) in [5, 5.41) is 1.72. The molecule has 0 spiro atoms. The maximum atomic E-state index is 13.2. The van der Waals surface area contributed by atoms with E-state index in [1.165, 1.54) is 5.56 Å². The number of rotatable bonds is 4. The molecule has 4 nitrogen and oxygen atoms in total. The highest BCUT2D eigenvalue weighted by Gasteiger charge is 2.20. The van der Waals surface area contributed by atoms with E-state index in [1.807, 2.05) is 49.4 Å². The second-order valence-electron chi connectivity index (χ2n) is 7.04. The van der Waals surface area contributed by atoms with Crippen molar-refractivity contribution in [3.8, 4) is 5.75 Å². The summed E-state index contributed by atoms with van der Waals surface area (Å²) in [4.78, 5) is 19.8. The van der Waals surface area contributed by atoms with Gasteiger partial charge >= 0.3 is 0 Å². The van der Waals surface area contributed by atoms with Gasteiger partial charge in [-0.05, 0) is 74.6 Å². The molecule has 0 saturated carbocycles. The van der Waals surface area contributed by atoms with Crippen LogP contribution in [-0.4, -0.2) is 24.5 Å². The lowest BCUT2D eigenvalue weighted by molar-refractivity contribution is 0.0988. The Morgan fingerprint density at radius 1 is 1.14 bits per heavy atom. The molecular weight excluding hydrogens is 372 g/mol. The topological polar surface area (TPSA) is 42.4 Å². The highest BCUT2D eigenvalue weighted by molar-refractivity contribution is 6.36. The minimum absolute atomic E-state index is 0.0507. The standard InChI is InChI=1S/C23H23ClN2O2/c1-3-26(16-9-11-17(28-2)12-10-16)23(27)15-8-13-19-21(14-15)25-20-7-5-4-6-18(20)22(19)24/h8-14H,3-7H2,1-2H3. The zero-order valence-electron chi connectivity index (χ0n) is 16.2. The summed E-state index contributed by atoms with van der Waals surface area (Å²) >= 11 is 6.66. The lowest BCUT2D eigenvalue weighted by Gasteiger charge is -2.22. The fraction of sp³-hybridized carbons (Fsp3) is 0.304. The van der Waals surface area contributed by atoms with Crippen LogP contribution in [0.25, 0.3) is 10.9 Å². The van der Waals surface area contributed by atoms with Crippen molar-refractivity contribution in [3.63, 3.8) is 0 Å². The summed E-state index contributed by atoms with van der Waals surface area (Å²) in [6.45, 7) is 2.54. The molecule has 1 aromatic heterocycles. The molecule has 0 bridgehead atoms. The molecular formula is C23H23ClN2O2. The van der Waals surface area contributed by atoms with Crippen molar-refractivity contribution < 1.29 is 9.53 Å². The molecule has 4 rings (SSSR count). The van der Waals surface area contributed by atoms with E-state index in [9.17, 15) is 4.79 Å². The zero-order chi connectivity index (χ0) is 19.7. The van der Waals surface area contributed by atoms with Gasteiger partial charge in [-0.25, -0.2) is 0 Å². The lowest BCUT2D eigenvalue weighted by Crippen LogP contribution is -2.30. The second kappa shape index (κ2) is 7.80. The number of aromatic nitrogens is 1. The van der Waals surface area contributed by atoms with E-state index >= 15 is 0 Å². The molecule has 144 valence electrons. The fourth-order valence-corrected chi connectivity index (χ4v) is 4.22. The van der Waals surface area contributed by atoms with Crippen molar-refractivity contribution in [2.75, 3.05) is 18.6 Å². The first kappa shape index (κ1) is 18.8. The van der Waals surface area contributed by atoms with Gasteiger partial charge in [0.1, 0.15) is 5.75 Å². The number of pyridine rings is 1. The predicted octanol–water partition coefficient (Wildman–Crippen LogP) is 5.44. The van der Waals surface area contributed by atoms with Crippen LogP contribution in [0.15, 0.2) is 42.5 Å². The minimum Gasteiger partial charge on any atom is -0.497 e. The van der Waals surface area contributed by atoms with E-state index in [1.54, 1.807) is 12.0 Å². The van der Waals surface area contributed by atoms with Crippen molar-refractivity contribution in [1.29, 1.82) is 0 Å². The molecule has 1 amide bonds. The zero-order valence-corrected chi connectivity index (χ0v) is 16.9. The van der Waals surface area contributed by atoms with Crippen molar-refractivity contribution >= 4 is 34.1 Å². The number of carbonyl (C=O) groups excluding carboxylic acids is 1. The number of hydrogen-bond acceptors (Lipinski definition) is 3. The van der Waals surface area contributed by atoms with E-state index in [0.717, 1.165) is 58.7 Å². The molecule has 28 heavy (non-hydrogen) atoms. The number of methoxy groups -OCH3 is 1. The Hall–Kier alpha value is -2.59. The number of nitrogens with zero attached hydrogens (tertiary/aromatic N) is 2. The maximum absolute atomic E-state index is 13.2. The van der Waals surface area contributed by atoms with E-state index in [0.29, 0.717) is 12.1 Å². The van der Waals surface area contributed by atoms with Gasteiger partial charge in [-0.15, -0.1) is 0 Å². The van der Waals surface area contributed by atoms with Gasteiger partial charge in [-0.3, -0.25) is 9.78 Å². The molecule has 0 radical (unpaired) electrons. The van der Waals surface area contributed by atoms with Gasteiger partial charge in [0.2, 0.25) is 0 Å². The molecule has 0 N–H and O–H groups in total. The molecule has 0 saturated heterocycles. The van der Waals surface area contributed by atoms with Gasteiger partial charge in [0.15, 0.2) is 0 Å². The largest absolute Gasteiger partial charge is 0.497 e. The molecule has 1 aliphatic rings. The van der Waals surface area contributed by atoms with Gasteiger partial charge in [0.25, 0.3) is 5.91 Å². The van der Waals surface area contributed by atoms with Gasteiger partial charge in [0, 0.05) is 28.9 Å². The SMILES string of the molecule is CCN(C(=O)c1ccc2c(Cl)c3c(nc2c1)CCCC3)c1ccc(OC)cc1. The number of hydrogen-bond donors (Lipinski definition) is 0. The molecule has 0 fully saturated rings. The first-order valence-corrected chi connectivity index (χ1v) is 10.1. The van der Waals surface area contributed by atoms with Crippen LogP contribution in [-0.2, 0) is 12.8 Å². The Labute approximate surface area is 170 Å². The molecule has 0 atom stereocenters. The quantitative estimate of drug-likeness (QED) is 0.591. The number of benzene rings is 2. The molecule has 5 heteroatoms. The van der Waals surface area contributed by atoms with Crippen LogP contribution in [0, 0.1) is 0 Å². The Kier molecular flexibility index (Phi) is 5.23. The lowest BCUT2D eigenvalue weighted by atomic mass is 9.94. The van der Waals surface area contributed by atoms with E-state index in [2.05, 4.69) is 0 Å². The third-order valence-corrected chi connectivity index (χ3v) is 5.82. The number of halogens is 1. The highest BCUT2D eigenvalue weighted by atomic mass is 35.5. The van der Waals surface area contributed by atoms with Crippen molar-refractivity contribution in [1.82, 2.24) is 4.98 Å². The molecule has 2 aromatic carbocycles. The first-order chi connectivity index (χ1) is 13.6. The van der Waals surface area contributed by atoms with Crippen molar-refractivity contribution in [2.45, 2.75) is 32.6 Å². The monoisotopic (exact) mass is 394 g/mol. The van der Waals surface area contributed by atoms with Gasteiger partial charge in [0.05, 0.1) is 17.6 Å².